The van der Waals surface area contributed by atoms with Gasteiger partial charge in [0.2, 0.25) is 0 Å². The summed E-state index contributed by atoms with van der Waals surface area (Å²) in [6, 6.07) is 25.9. The molecule has 0 saturated carbocycles. The van der Waals surface area contributed by atoms with Crippen LogP contribution in [0.4, 0.5) is 4.79 Å². The molecule has 0 spiro atoms. The summed E-state index contributed by atoms with van der Waals surface area (Å²) in [6.45, 7) is 1.42. The number of hydrogen-bond donors (Lipinski definition) is 1. The van der Waals surface area contributed by atoms with Crippen molar-refractivity contribution < 1.29 is 33.7 Å². The average molecular weight is 518 g/mol. The van der Waals surface area contributed by atoms with Crippen LogP contribution in [-0.2, 0) is 30.4 Å². The number of methoxy groups -OCH3 is 1. The maximum Gasteiger partial charge on any atom is 0.411 e. The van der Waals surface area contributed by atoms with E-state index in [9.17, 15) is 19.5 Å². The molecule has 198 valence electrons. The third-order valence-corrected chi connectivity index (χ3v) is 6.69. The van der Waals surface area contributed by atoms with Crippen molar-refractivity contribution in [3.8, 4) is 0 Å². The number of carbonyl (C=O) groups excluding carboxylic acids is 3. The molecule has 0 aromatic heterocycles. The SMILES string of the molecule is COC(=O)CC(C(C(=O)OCc1ccccc1)C(C)O)N1C(=O)OC(c2ccccc2)C1c1ccccc1. The lowest BCUT2D eigenvalue weighted by atomic mass is 9.87. The fraction of sp³-hybridized carbons (Fsp3) is 0.300. The number of nitrogens with zero attached hydrogens (tertiary/aromatic N) is 1. The van der Waals surface area contributed by atoms with Crippen molar-refractivity contribution >= 4 is 18.0 Å². The van der Waals surface area contributed by atoms with E-state index in [1.807, 2.05) is 91.0 Å². The minimum atomic E-state index is -1.24. The first kappa shape index (κ1) is 26.9. The Balaban J connectivity index is 1.74. The van der Waals surface area contributed by atoms with Crippen LogP contribution >= 0.6 is 0 Å². The van der Waals surface area contributed by atoms with Crippen LogP contribution in [0.5, 0.6) is 0 Å². The number of aliphatic hydroxyl groups is 1. The summed E-state index contributed by atoms with van der Waals surface area (Å²) < 4.78 is 16.3. The Morgan fingerprint density at radius 1 is 0.921 bits per heavy atom. The molecule has 1 aliphatic heterocycles. The van der Waals surface area contributed by atoms with Gasteiger partial charge in [-0.2, -0.15) is 0 Å². The maximum atomic E-state index is 13.5. The summed E-state index contributed by atoms with van der Waals surface area (Å²) >= 11 is 0. The zero-order valence-corrected chi connectivity index (χ0v) is 21.3. The fourth-order valence-corrected chi connectivity index (χ4v) is 4.87. The van der Waals surface area contributed by atoms with Crippen molar-refractivity contribution in [3.05, 3.63) is 108 Å². The molecule has 8 heteroatoms. The number of rotatable bonds is 10. The first-order valence-electron chi connectivity index (χ1n) is 12.4. The minimum Gasteiger partial charge on any atom is -0.469 e. The molecule has 0 bridgehead atoms. The van der Waals surface area contributed by atoms with Crippen LogP contribution in [0, 0.1) is 5.92 Å². The highest BCUT2D eigenvalue weighted by Gasteiger charge is 2.51. The topological polar surface area (TPSA) is 102 Å². The van der Waals surface area contributed by atoms with Crippen LogP contribution in [0.15, 0.2) is 91.0 Å². The molecule has 8 nitrogen and oxygen atoms in total. The number of cyclic esters (lactones) is 1. The van der Waals surface area contributed by atoms with Gasteiger partial charge in [0.05, 0.1) is 25.7 Å². The van der Waals surface area contributed by atoms with E-state index in [1.165, 1.54) is 18.9 Å². The van der Waals surface area contributed by atoms with E-state index in [2.05, 4.69) is 0 Å². The van der Waals surface area contributed by atoms with Crippen LogP contribution in [0.2, 0.25) is 0 Å². The normalized spacial score (nSPS) is 19.2. The van der Waals surface area contributed by atoms with Gasteiger partial charge in [-0.25, -0.2) is 4.79 Å². The van der Waals surface area contributed by atoms with Gasteiger partial charge in [-0.3, -0.25) is 14.5 Å². The van der Waals surface area contributed by atoms with Gasteiger partial charge >= 0.3 is 18.0 Å². The summed E-state index contributed by atoms with van der Waals surface area (Å²) in [5, 5.41) is 10.8. The number of carbonyl (C=O) groups is 3. The van der Waals surface area contributed by atoms with Gasteiger partial charge in [-0.15, -0.1) is 0 Å². The Labute approximate surface area is 221 Å². The van der Waals surface area contributed by atoms with E-state index < -0.39 is 48.2 Å². The first-order chi connectivity index (χ1) is 18.4. The monoisotopic (exact) mass is 517 g/mol. The van der Waals surface area contributed by atoms with Crippen LogP contribution in [0.25, 0.3) is 0 Å². The molecular weight excluding hydrogens is 486 g/mol. The zero-order valence-electron chi connectivity index (χ0n) is 21.3. The lowest BCUT2D eigenvalue weighted by Gasteiger charge is -2.36. The van der Waals surface area contributed by atoms with Crippen LogP contribution in [0.1, 0.15) is 42.2 Å². The van der Waals surface area contributed by atoms with E-state index >= 15 is 0 Å². The lowest BCUT2D eigenvalue weighted by Crippen LogP contribution is -2.50. The zero-order chi connectivity index (χ0) is 27.1. The van der Waals surface area contributed by atoms with Crippen molar-refractivity contribution in [3.63, 3.8) is 0 Å². The van der Waals surface area contributed by atoms with E-state index in [0.717, 1.165) is 16.7 Å². The van der Waals surface area contributed by atoms with Crippen LogP contribution in [0.3, 0.4) is 0 Å². The Hall–Kier alpha value is -4.17. The van der Waals surface area contributed by atoms with E-state index in [4.69, 9.17) is 14.2 Å². The predicted octanol–water partition coefficient (Wildman–Crippen LogP) is 4.59. The van der Waals surface area contributed by atoms with Gasteiger partial charge in [0, 0.05) is 0 Å². The number of aliphatic hydroxyl groups excluding tert-OH is 1. The quantitative estimate of drug-likeness (QED) is 0.310. The van der Waals surface area contributed by atoms with E-state index in [-0.39, 0.29) is 13.0 Å². The second-order valence-electron chi connectivity index (χ2n) is 9.19. The van der Waals surface area contributed by atoms with Gasteiger partial charge in [0.15, 0.2) is 6.10 Å². The van der Waals surface area contributed by atoms with Gasteiger partial charge in [-0.05, 0) is 23.6 Å². The third-order valence-electron chi connectivity index (χ3n) is 6.69. The lowest BCUT2D eigenvalue weighted by molar-refractivity contribution is -0.158. The van der Waals surface area contributed by atoms with Gasteiger partial charge < -0.3 is 19.3 Å². The second kappa shape index (κ2) is 12.4. The van der Waals surface area contributed by atoms with Gasteiger partial charge in [-0.1, -0.05) is 91.0 Å². The Kier molecular flexibility index (Phi) is 8.76. The Morgan fingerprint density at radius 2 is 1.47 bits per heavy atom. The van der Waals surface area contributed by atoms with Gasteiger partial charge in [0.1, 0.15) is 18.6 Å². The molecule has 1 heterocycles. The van der Waals surface area contributed by atoms with Crippen molar-refractivity contribution in [2.45, 2.75) is 44.2 Å². The summed E-state index contributed by atoms with van der Waals surface area (Å²) in [6.07, 6.45) is -3.00. The van der Waals surface area contributed by atoms with Crippen molar-refractivity contribution in [2.24, 2.45) is 5.92 Å². The summed E-state index contributed by atoms with van der Waals surface area (Å²) in [7, 11) is 1.23. The molecule has 1 aliphatic rings. The second-order valence-corrected chi connectivity index (χ2v) is 9.19. The molecule has 4 rings (SSSR count). The number of esters is 2. The van der Waals surface area contributed by atoms with Crippen molar-refractivity contribution in [2.75, 3.05) is 7.11 Å². The molecule has 5 unspecified atom stereocenters. The minimum absolute atomic E-state index is 0.0208. The van der Waals surface area contributed by atoms with Crippen molar-refractivity contribution in [1.29, 1.82) is 0 Å². The molecule has 3 aromatic carbocycles. The highest BCUT2D eigenvalue weighted by atomic mass is 16.6. The molecule has 1 amide bonds. The molecule has 5 atom stereocenters. The maximum absolute atomic E-state index is 13.5. The molecule has 1 fully saturated rings. The first-order valence-corrected chi connectivity index (χ1v) is 12.4. The average Bonchev–Trinajstić information content (AvgIpc) is 3.29. The highest BCUT2D eigenvalue weighted by molar-refractivity contribution is 5.80. The molecule has 0 aliphatic carbocycles. The number of benzene rings is 3. The Bertz CT molecular complexity index is 1220. The number of ether oxygens (including phenoxy) is 3. The fourth-order valence-electron chi connectivity index (χ4n) is 4.87. The summed E-state index contributed by atoms with van der Waals surface area (Å²) in [5.41, 5.74) is 2.28. The summed E-state index contributed by atoms with van der Waals surface area (Å²) in [4.78, 5) is 40.9. The van der Waals surface area contributed by atoms with Crippen LogP contribution < -0.4 is 0 Å². The molecule has 1 saturated heterocycles. The van der Waals surface area contributed by atoms with E-state index in [0.29, 0.717) is 0 Å². The number of hydrogen-bond acceptors (Lipinski definition) is 7. The summed E-state index contributed by atoms with van der Waals surface area (Å²) in [5.74, 6) is -2.62. The standard InChI is InChI=1S/C30H31NO7/c1-20(32)26(29(34)37-19-21-12-6-3-7-13-21)24(18-25(33)36-2)31-27(22-14-8-4-9-15-22)28(38-30(31)35)23-16-10-5-11-17-23/h3-17,20,24,26-28,32H,18-19H2,1-2H3. The molecule has 1 N–H and O–H groups in total. The largest absolute Gasteiger partial charge is 0.469 e. The smallest absolute Gasteiger partial charge is 0.411 e. The number of amides is 1. The van der Waals surface area contributed by atoms with Crippen LogP contribution in [-0.4, -0.2) is 47.3 Å². The highest BCUT2D eigenvalue weighted by Crippen LogP contribution is 2.46. The van der Waals surface area contributed by atoms with E-state index in [1.54, 1.807) is 0 Å². The molecule has 0 radical (unpaired) electrons. The van der Waals surface area contributed by atoms with Crippen molar-refractivity contribution in [1.82, 2.24) is 4.90 Å². The Morgan fingerprint density at radius 3 is 2.03 bits per heavy atom. The molecular formula is C30H31NO7. The predicted molar refractivity (Wildman–Crippen MR) is 139 cm³/mol. The molecule has 38 heavy (non-hydrogen) atoms. The molecule has 3 aromatic rings. The third kappa shape index (κ3) is 6.03. The van der Waals surface area contributed by atoms with Gasteiger partial charge in [0.25, 0.3) is 0 Å².